The van der Waals surface area contributed by atoms with E-state index in [0.29, 0.717) is 0 Å². The van der Waals surface area contributed by atoms with E-state index in [1.807, 2.05) is 0 Å². The maximum absolute atomic E-state index is 2.47. The smallest absolute Gasteiger partial charge is 0.0620 e. The van der Waals surface area contributed by atoms with Gasteiger partial charge in [0.25, 0.3) is 0 Å². The first-order valence-electron chi connectivity index (χ1n) is 17.6. The number of rotatable bonds is 3. The maximum Gasteiger partial charge on any atom is 0.0620 e. The third kappa shape index (κ3) is 3.57. The van der Waals surface area contributed by atoms with Gasteiger partial charge in [-0.25, -0.2) is 0 Å². The number of nitrogens with zero attached hydrogens (tertiary/aromatic N) is 3. The number of hydrogen-bond donors (Lipinski definition) is 0. The lowest BCUT2D eigenvalue weighted by Crippen LogP contribution is -1.95. The molecule has 4 aromatic heterocycles. The molecule has 0 unspecified atom stereocenters. The van der Waals surface area contributed by atoms with Crippen LogP contribution >= 0.6 is 0 Å². The van der Waals surface area contributed by atoms with Crippen molar-refractivity contribution in [1.82, 2.24) is 13.5 Å². The normalized spacial score (nSPS) is 12.3. The van der Waals surface area contributed by atoms with Crippen LogP contribution in [0, 0.1) is 0 Å². The van der Waals surface area contributed by atoms with E-state index in [0.717, 1.165) is 5.69 Å². The first-order chi connectivity index (χ1) is 25.3. The van der Waals surface area contributed by atoms with Crippen LogP contribution in [0.4, 0.5) is 0 Å². The van der Waals surface area contributed by atoms with Gasteiger partial charge in [0, 0.05) is 54.5 Å². The number of hydrogen-bond acceptors (Lipinski definition) is 0. The zero-order chi connectivity index (χ0) is 33.2. The molecule has 51 heavy (non-hydrogen) atoms. The molecule has 8 aromatic carbocycles. The van der Waals surface area contributed by atoms with E-state index < -0.39 is 0 Å². The van der Waals surface area contributed by atoms with Crippen molar-refractivity contribution in [3.8, 4) is 22.5 Å². The van der Waals surface area contributed by atoms with Crippen molar-refractivity contribution in [2.75, 3.05) is 0 Å². The van der Waals surface area contributed by atoms with Gasteiger partial charge in [0.05, 0.1) is 38.6 Å². The van der Waals surface area contributed by atoms with Gasteiger partial charge < -0.3 is 13.5 Å². The van der Waals surface area contributed by atoms with Gasteiger partial charge in [0.15, 0.2) is 0 Å². The number of aromatic nitrogens is 3. The molecule has 0 amide bonds. The summed E-state index contributed by atoms with van der Waals surface area (Å²) in [6, 6.07) is 64.7. The molecular weight excluding hydrogens is 619 g/mol. The lowest BCUT2D eigenvalue weighted by Gasteiger charge is -2.11. The average molecular weight is 648 g/mol. The molecule has 0 fully saturated rings. The maximum atomic E-state index is 2.47. The van der Waals surface area contributed by atoms with E-state index in [4.69, 9.17) is 0 Å². The molecule has 3 nitrogen and oxygen atoms in total. The predicted molar refractivity (Wildman–Crippen MR) is 215 cm³/mol. The van der Waals surface area contributed by atoms with Crippen LogP contribution in [0.2, 0.25) is 0 Å². The fourth-order valence-electron chi connectivity index (χ4n) is 8.99. The molecular formula is C48H29N3. The van der Waals surface area contributed by atoms with Gasteiger partial charge in [-0.3, -0.25) is 0 Å². The minimum atomic E-state index is 1.16. The molecule has 3 heteroatoms. The molecule has 236 valence electrons. The molecule has 0 spiro atoms. The molecule has 0 radical (unpaired) electrons. The summed E-state index contributed by atoms with van der Waals surface area (Å²) in [5.74, 6) is 0. The Kier molecular flexibility index (Phi) is 5.23. The van der Waals surface area contributed by atoms with E-state index in [1.54, 1.807) is 0 Å². The first kappa shape index (κ1) is 27.0. The van der Waals surface area contributed by atoms with Gasteiger partial charge in [-0.2, -0.15) is 0 Å². The van der Waals surface area contributed by atoms with Crippen molar-refractivity contribution in [3.63, 3.8) is 0 Å². The zero-order valence-corrected chi connectivity index (χ0v) is 27.6. The monoisotopic (exact) mass is 647 g/mol. The SMILES string of the molecule is c1ccc(-n2c3ccccc3c3cc(-n4c5ccccc5c5ccc(-c6ccc7c8cccc9c%10ccccc%10n(c7c6)c98)cc54)ccc32)cc1. The third-order valence-electron chi connectivity index (χ3n) is 11.2. The van der Waals surface area contributed by atoms with Crippen LogP contribution in [0.1, 0.15) is 0 Å². The van der Waals surface area contributed by atoms with Crippen molar-refractivity contribution >= 4 is 81.7 Å². The van der Waals surface area contributed by atoms with Gasteiger partial charge in [0.1, 0.15) is 0 Å². The Labute approximate surface area is 292 Å². The summed E-state index contributed by atoms with van der Waals surface area (Å²) >= 11 is 0. The van der Waals surface area contributed by atoms with Crippen LogP contribution in [0.5, 0.6) is 0 Å². The highest BCUT2D eigenvalue weighted by molar-refractivity contribution is 6.23. The molecule has 0 saturated heterocycles. The van der Waals surface area contributed by atoms with Gasteiger partial charge in [-0.15, -0.1) is 0 Å². The second-order valence-corrected chi connectivity index (χ2v) is 13.8. The average Bonchev–Trinajstić information content (AvgIpc) is 3.92. The minimum Gasteiger partial charge on any atom is -0.309 e. The Balaban J connectivity index is 1.10. The fourth-order valence-corrected chi connectivity index (χ4v) is 8.99. The van der Waals surface area contributed by atoms with E-state index in [-0.39, 0.29) is 0 Å². The molecule has 4 heterocycles. The van der Waals surface area contributed by atoms with Crippen LogP contribution in [-0.2, 0) is 0 Å². The summed E-state index contributed by atoms with van der Waals surface area (Å²) in [6.45, 7) is 0. The summed E-state index contributed by atoms with van der Waals surface area (Å²) in [5.41, 5.74) is 13.4. The predicted octanol–water partition coefficient (Wildman–Crippen LogP) is 12.7. The van der Waals surface area contributed by atoms with Crippen molar-refractivity contribution in [3.05, 3.63) is 176 Å². The fraction of sp³-hybridized carbons (Fsp3) is 0. The second kappa shape index (κ2) is 9.87. The van der Waals surface area contributed by atoms with Crippen LogP contribution in [0.25, 0.3) is 104 Å². The summed E-state index contributed by atoms with van der Waals surface area (Å²) in [6.07, 6.45) is 0. The number of fused-ring (bicyclic) bond motifs is 12. The van der Waals surface area contributed by atoms with Crippen LogP contribution in [-0.4, -0.2) is 13.5 Å². The van der Waals surface area contributed by atoms with Crippen LogP contribution in [0.3, 0.4) is 0 Å². The zero-order valence-electron chi connectivity index (χ0n) is 27.6. The van der Waals surface area contributed by atoms with Crippen LogP contribution < -0.4 is 0 Å². The molecule has 12 rings (SSSR count). The van der Waals surface area contributed by atoms with E-state index in [1.165, 1.54) is 98.5 Å². The number of para-hydroxylation sites is 5. The van der Waals surface area contributed by atoms with Crippen molar-refractivity contribution in [1.29, 1.82) is 0 Å². The molecule has 0 aliphatic rings. The second-order valence-electron chi connectivity index (χ2n) is 13.8. The summed E-state index contributed by atoms with van der Waals surface area (Å²) < 4.78 is 7.30. The summed E-state index contributed by atoms with van der Waals surface area (Å²) in [7, 11) is 0. The van der Waals surface area contributed by atoms with Gasteiger partial charge in [-0.1, -0.05) is 115 Å². The standard InChI is InChI=1S/C48H29N3/c1-2-11-32(12-3-1)49-43-19-8-6-15-36(43)41-29-33(23-26-45(41)49)50-42-18-7-4-13-34(42)37-24-21-30(27-46(37)50)31-22-25-38-40-17-10-16-39-35-14-5-9-20-44(35)51(48(39)40)47(38)28-31/h1-29H. The molecule has 0 N–H and O–H groups in total. The molecule has 0 saturated carbocycles. The van der Waals surface area contributed by atoms with Gasteiger partial charge in [-0.05, 0) is 71.8 Å². The largest absolute Gasteiger partial charge is 0.309 e. The summed E-state index contributed by atoms with van der Waals surface area (Å²) in [4.78, 5) is 0. The van der Waals surface area contributed by atoms with Crippen LogP contribution in [0.15, 0.2) is 176 Å². The summed E-state index contributed by atoms with van der Waals surface area (Å²) in [5, 5.41) is 10.2. The van der Waals surface area contributed by atoms with E-state index in [2.05, 4.69) is 189 Å². The number of benzene rings is 8. The molecule has 12 aromatic rings. The molecule has 0 atom stereocenters. The van der Waals surface area contributed by atoms with Crippen molar-refractivity contribution in [2.45, 2.75) is 0 Å². The molecule has 0 aliphatic carbocycles. The molecule has 0 bridgehead atoms. The van der Waals surface area contributed by atoms with E-state index >= 15 is 0 Å². The Morgan fingerprint density at radius 2 is 0.745 bits per heavy atom. The Morgan fingerprint density at radius 3 is 1.45 bits per heavy atom. The Bertz CT molecular complexity index is 3360. The third-order valence-corrected chi connectivity index (χ3v) is 11.2. The van der Waals surface area contributed by atoms with Gasteiger partial charge in [0.2, 0.25) is 0 Å². The first-order valence-corrected chi connectivity index (χ1v) is 17.6. The highest BCUT2D eigenvalue weighted by atomic mass is 15.0. The van der Waals surface area contributed by atoms with Crippen molar-refractivity contribution in [2.24, 2.45) is 0 Å². The Morgan fingerprint density at radius 1 is 0.255 bits per heavy atom. The van der Waals surface area contributed by atoms with Crippen molar-refractivity contribution < 1.29 is 0 Å². The minimum absolute atomic E-state index is 1.16. The van der Waals surface area contributed by atoms with E-state index in [9.17, 15) is 0 Å². The highest BCUT2D eigenvalue weighted by Crippen LogP contribution is 2.42. The topological polar surface area (TPSA) is 14.3 Å². The van der Waals surface area contributed by atoms with Gasteiger partial charge >= 0.3 is 0 Å². The highest BCUT2D eigenvalue weighted by Gasteiger charge is 2.19. The lowest BCUT2D eigenvalue weighted by atomic mass is 10.0. The lowest BCUT2D eigenvalue weighted by molar-refractivity contribution is 1.17. The Hall–Kier alpha value is -6.84. The molecule has 0 aliphatic heterocycles. The quantitative estimate of drug-likeness (QED) is 0.181.